The molecule has 2 fully saturated rings. The third-order valence-electron chi connectivity index (χ3n) is 5.87. The summed E-state index contributed by atoms with van der Waals surface area (Å²) in [6.45, 7) is 2.45. The summed E-state index contributed by atoms with van der Waals surface area (Å²) < 4.78 is 12.0. The lowest BCUT2D eigenvalue weighted by Gasteiger charge is -2.44. The number of aromatic nitrogens is 2. The molecule has 4 rings (SSSR count). The van der Waals surface area contributed by atoms with Crippen LogP contribution in [0.5, 0.6) is 0 Å². The van der Waals surface area contributed by atoms with Crippen LogP contribution in [0.25, 0.3) is 0 Å². The van der Waals surface area contributed by atoms with Gasteiger partial charge in [0.1, 0.15) is 0 Å². The van der Waals surface area contributed by atoms with Crippen molar-refractivity contribution in [3.8, 4) is 0 Å². The molecule has 1 amide bonds. The van der Waals surface area contributed by atoms with E-state index >= 15 is 0 Å². The molecule has 2 aromatic rings. The Morgan fingerprint density at radius 1 is 1.06 bits per heavy atom. The van der Waals surface area contributed by atoms with Gasteiger partial charge >= 0.3 is 0 Å². The van der Waals surface area contributed by atoms with Gasteiger partial charge in [0, 0.05) is 50.5 Å². The van der Waals surface area contributed by atoms with Gasteiger partial charge in [-0.05, 0) is 48.2 Å². The summed E-state index contributed by atoms with van der Waals surface area (Å²) in [7, 11) is 0. The van der Waals surface area contributed by atoms with E-state index in [1.807, 2.05) is 24.3 Å². The van der Waals surface area contributed by atoms with Crippen LogP contribution >= 0.6 is 0 Å². The van der Waals surface area contributed by atoms with Crippen LogP contribution in [0.15, 0.2) is 49.1 Å². The van der Waals surface area contributed by atoms with Crippen molar-refractivity contribution in [2.45, 2.75) is 56.7 Å². The molecule has 4 heterocycles. The third kappa shape index (κ3) is 6.30. The number of nitrogens with zero attached hydrogens (tertiary/aromatic N) is 3. The molecule has 0 aliphatic carbocycles. The maximum atomic E-state index is 12.4. The number of fused-ring (bicyclic) bond motifs is 1. The molecule has 2 aliphatic rings. The molecule has 166 valence electrons. The third-order valence-corrected chi connectivity index (χ3v) is 5.87. The maximum Gasteiger partial charge on any atom is 0.222 e. The summed E-state index contributed by atoms with van der Waals surface area (Å²) in [5.41, 5.74) is 2.17. The SMILES string of the molecule is O=C(C[C@H]1CC[C@H]2[C@@H](COC[C@H](O)CN2Cc2ccncc2)O1)NCc1ccncc1. The van der Waals surface area contributed by atoms with Crippen LogP contribution in [0.3, 0.4) is 0 Å². The van der Waals surface area contributed by atoms with Crippen LogP contribution in [-0.2, 0) is 27.4 Å². The molecule has 0 radical (unpaired) electrons. The second-order valence-corrected chi connectivity index (χ2v) is 8.25. The van der Waals surface area contributed by atoms with Gasteiger partial charge in [0.15, 0.2) is 0 Å². The molecule has 0 saturated carbocycles. The predicted octanol–water partition coefficient (Wildman–Crippen LogP) is 1.29. The Balaban J connectivity index is 1.34. The van der Waals surface area contributed by atoms with E-state index in [2.05, 4.69) is 20.2 Å². The topological polar surface area (TPSA) is 96.8 Å². The highest BCUT2D eigenvalue weighted by atomic mass is 16.5. The number of carbonyl (C=O) groups is 1. The Bertz CT molecular complexity index is 823. The van der Waals surface area contributed by atoms with Gasteiger partial charge in [-0.3, -0.25) is 19.7 Å². The Hall–Kier alpha value is -2.39. The van der Waals surface area contributed by atoms with Crippen molar-refractivity contribution < 1.29 is 19.4 Å². The fourth-order valence-corrected chi connectivity index (χ4v) is 4.33. The van der Waals surface area contributed by atoms with E-state index in [4.69, 9.17) is 9.47 Å². The Morgan fingerprint density at radius 2 is 1.77 bits per heavy atom. The molecule has 2 saturated heterocycles. The number of β-amino-alcohol motifs (C(OH)–C–C–N with tert-alkyl or cyclic N) is 1. The summed E-state index contributed by atoms with van der Waals surface area (Å²) in [5, 5.41) is 13.3. The highest BCUT2D eigenvalue weighted by molar-refractivity contribution is 5.76. The van der Waals surface area contributed by atoms with Crippen molar-refractivity contribution in [3.63, 3.8) is 0 Å². The molecule has 8 heteroatoms. The number of rotatable bonds is 6. The number of nitrogens with one attached hydrogen (secondary N) is 1. The smallest absolute Gasteiger partial charge is 0.222 e. The largest absolute Gasteiger partial charge is 0.389 e. The summed E-state index contributed by atoms with van der Waals surface area (Å²) in [5.74, 6) is -0.0175. The molecule has 0 spiro atoms. The fourth-order valence-electron chi connectivity index (χ4n) is 4.33. The molecule has 2 aromatic heterocycles. The van der Waals surface area contributed by atoms with Gasteiger partial charge in [0.05, 0.1) is 37.9 Å². The van der Waals surface area contributed by atoms with Crippen molar-refractivity contribution in [1.82, 2.24) is 20.2 Å². The van der Waals surface area contributed by atoms with Gasteiger partial charge in [-0.1, -0.05) is 0 Å². The van der Waals surface area contributed by atoms with Crippen molar-refractivity contribution in [2.75, 3.05) is 19.8 Å². The monoisotopic (exact) mass is 426 g/mol. The Morgan fingerprint density at radius 3 is 2.52 bits per heavy atom. The molecular weight excluding hydrogens is 396 g/mol. The van der Waals surface area contributed by atoms with Crippen molar-refractivity contribution in [2.24, 2.45) is 0 Å². The normalized spacial score (nSPS) is 27.0. The van der Waals surface area contributed by atoms with Gasteiger partial charge in [-0.25, -0.2) is 0 Å². The quantitative estimate of drug-likeness (QED) is 0.719. The molecule has 2 aliphatic heterocycles. The van der Waals surface area contributed by atoms with Gasteiger partial charge in [0.25, 0.3) is 0 Å². The van der Waals surface area contributed by atoms with E-state index in [1.165, 1.54) is 0 Å². The second-order valence-electron chi connectivity index (χ2n) is 8.25. The molecule has 2 N–H and O–H groups in total. The number of ether oxygens (including phenoxy) is 2. The Labute approximate surface area is 182 Å². The van der Waals surface area contributed by atoms with Gasteiger partial charge in [0.2, 0.25) is 5.91 Å². The first-order valence-electron chi connectivity index (χ1n) is 10.9. The highest BCUT2D eigenvalue weighted by Gasteiger charge is 2.38. The minimum absolute atomic E-state index is 0.0175. The lowest BCUT2D eigenvalue weighted by molar-refractivity contribution is -0.158. The minimum Gasteiger partial charge on any atom is -0.389 e. The molecule has 8 nitrogen and oxygen atoms in total. The number of hydrogen-bond acceptors (Lipinski definition) is 7. The molecule has 0 unspecified atom stereocenters. The summed E-state index contributed by atoms with van der Waals surface area (Å²) >= 11 is 0. The van der Waals surface area contributed by atoms with Gasteiger partial charge in [-0.15, -0.1) is 0 Å². The molecular formula is C23H30N4O4. The number of amides is 1. The van der Waals surface area contributed by atoms with Crippen LogP contribution in [-0.4, -0.2) is 70.0 Å². The zero-order valence-corrected chi connectivity index (χ0v) is 17.6. The van der Waals surface area contributed by atoms with Gasteiger partial charge < -0.3 is 19.9 Å². The van der Waals surface area contributed by atoms with E-state index in [-0.39, 0.29) is 30.8 Å². The number of aliphatic hydroxyl groups is 1. The Kier molecular flexibility index (Phi) is 7.58. The number of carbonyl (C=O) groups excluding carboxylic acids is 1. The number of hydrogen-bond donors (Lipinski definition) is 2. The standard InChI is InChI=1S/C23H30N4O4/c28-19-14-27(13-18-5-9-25-10-6-18)21-2-1-20(31-22(21)16-30-15-19)11-23(29)26-12-17-3-7-24-8-4-17/h3-10,19-22,28H,1-2,11-16H2,(H,26,29)/t19-,20-,21+,22-/m1/s1. The van der Waals surface area contributed by atoms with Crippen LogP contribution in [0.4, 0.5) is 0 Å². The van der Waals surface area contributed by atoms with E-state index in [9.17, 15) is 9.90 Å². The van der Waals surface area contributed by atoms with Crippen molar-refractivity contribution in [3.05, 3.63) is 60.2 Å². The lowest BCUT2D eigenvalue weighted by atomic mass is 9.94. The van der Waals surface area contributed by atoms with Crippen molar-refractivity contribution in [1.29, 1.82) is 0 Å². The highest BCUT2D eigenvalue weighted by Crippen LogP contribution is 2.28. The zero-order chi connectivity index (χ0) is 21.5. The molecule has 0 bridgehead atoms. The molecule has 4 atom stereocenters. The summed E-state index contributed by atoms with van der Waals surface area (Å²) in [6.07, 6.45) is 8.25. The van der Waals surface area contributed by atoms with Crippen molar-refractivity contribution >= 4 is 5.91 Å². The molecule has 0 aromatic carbocycles. The second kappa shape index (κ2) is 10.8. The van der Waals surface area contributed by atoms with E-state index in [0.29, 0.717) is 26.1 Å². The minimum atomic E-state index is -0.528. The van der Waals surface area contributed by atoms with Crippen LogP contribution in [0.1, 0.15) is 30.4 Å². The van der Waals surface area contributed by atoms with E-state index < -0.39 is 6.10 Å². The predicted molar refractivity (Wildman–Crippen MR) is 114 cm³/mol. The van der Waals surface area contributed by atoms with E-state index in [0.717, 1.165) is 30.5 Å². The van der Waals surface area contributed by atoms with Crippen LogP contribution < -0.4 is 5.32 Å². The summed E-state index contributed by atoms with van der Waals surface area (Å²) in [6, 6.07) is 7.91. The first-order chi connectivity index (χ1) is 15.2. The fraction of sp³-hybridized carbons (Fsp3) is 0.522. The summed E-state index contributed by atoms with van der Waals surface area (Å²) in [4.78, 5) is 22.8. The van der Waals surface area contributed by atoms with E-state index in [1.54, 1.807) is 24.8 Å². The number of pyridine rings is 2. The van der Waals surface area contributed by atoms with Crippen LogP contribution in [0, 0.1) is 0 Å². The lowest BCUT2D eigenvalue weighted by Crippen LogP contribution is -2.55. The zero-order valence-electron chi connectivity index (χ0n) is 17.6. The average molecular weight is 427 g/mol. The maximum absolute atomic E-state index is 12.4. The number of aliphatic hydroxyl groups excluding tert-OH is 1. The van der Waals surface area contributed by atoms with Gasteiger partial charge in [-0.2, -0.15) is 0 Å². The molecule has 31 heavy (non-hydrogen) atoms. The van der Waals surface area contributed by atoms with Crippen LogP contribution in [0.2, 0.25) is 0 Å². The average Bonchev–Trinajstić information content (AvgIpc) is 2.78. The first kappa shape index (κ1) is 21.8. The first-order valence-corrected chi connectivity index (χ1v) is 10.9.